The Morgan fingerprint density at radius 1 is 1.30 bits per heavy atom. The van der Waals surface area contributed by atoms with Crippen molar-refractivity contribution < 1.29 is 0 Å². The van der Waals surface area contributed by atoms with Crippen molar-refractivity contribution in [2.45, 2.75) is 39.2 Å². The molecule has 3 heterocycles. The van der Waals surface area contributed by atoms with E-state index in [4.69, 9.17) is 12.2 Å². The van der Waals surface area contributed by atoms with Crippen LogP contribution >= 0.6 is 12.2 Å². The Kier molecular flexibility index (Phi) is 3.69. The molecule has 1 unspecified atom stereocenters. The van der Waals surface area contributed by atoms with E-state index in [2.05, 4.69) is 26.5 Å². The average molecular weight is 293 g/mol. The van der Waals surface area contributed by atoms with E-state index >= 15 is 0 Å². The van der Waals surface area contributed by atoms with Crippen molar-refractivity contribution in [1.82, 2.24) is 24.2 Å². The lowest BCUT2D eigenvalue weighted by Crippen LogP contribution is -2.34. The zero-order valence-corrected chi connectivity index (χ0v) is 13.3. The van der Waals surface area contributed by atoms with Crippen LogP contribution in [0.5, 0.6) is 0 Å². The maximum atomic E-state index is 5.52. The molecular weight excluding hydrogens is 270 g/mol. The van der Waals surface area contributed by atoms with Crippen LogP contribution in [0.3, 0.4) is 0 Å². The quantitative estimate of drug-likeness (QED) is 0.885. The Balaban J connectivity index is 1.92. The first-order valence-corrected chi connectivity index (χ1v) is 7.85. The summed E-state index contributed by atoms with van der Waals surface area (Å²) < 4.78 is 4.96. The molecule has 2 aromatic rings. The lowest BCUT2D eigenvalue weighted by Gasteiger charge is -2.29. The summed E-state index contributed by atoms with van der Waals surface area (Å²) in [5, 5.41) is 4.49. The van der Waals surface area contributed by atoms with Crippen LogP contribution in [0, 0.1) is 11.7 Å². The van der Waals surface area contributed by atoms with Crippen LogP contribution in [-0.4, -0.2) is 43.9 Å². The second kappa shape index (κ2) is 5.33. The summed E-state index contributed by atoms with van der Waals surface area (Å²) in [5.74, 6) is 0. The third-order valence-corrected chi connectivity index (χ3v) is 4.58. The zero-order chi connectivity index (χ0) is 14.3. The largest absolute Gasteiger partial charge is 0.328 e. The van der Waals surface area contributed by atoms with Crippen LogP contribution in [0.15, 0.2) is 0 Å². The van der Waals surface area contributed by atoms with Crippen molar-refractivity contribution in [2.24, 2.45) is 7.05 Å². The first kappa shape index (κ1) is 13.8. The molecule has 110 valence electrons. The van der Waals surface area contributed by atoms with E-state index < -0.39 is 0 Å². The second-order valence-corrected chi connectivity index (χ2v) is 6.30. The van der Waals surface area contributed by atoms with Gasteiger partial charge in [0.1, 0.15) is 5.52 Å². The molecule has 0 saturated carbocycles. The van der Waals surface area contributed by atoms with Crippen molar-refractivity contribution in [2.75, 3.05) is 19.6 Å². The fraction of sp³-hybridized carbons (Fsp3) is 0.714. The standard InChI is InChI=1S/C14H23N5S/c1-10(9-18-7-5-4-6-8-18)19-13-12(15-14(19)20)11(2)16-17(13)3/h10H,4-9H2,1-3H3,(H,15,20). The molecule has 0 spiro atoms. The molecule has 0 radical (unpaired) electrons. The van der Waals surface area contributed by atoms with Crippen molar-refractivity contribution in [3.05, 3.63) is 10.5 Å². The fourth-order valence-electron chi connectivity index (χ4n) is 3.34. The van der Waals surface area contributed by atoms with E-state index in [0.717, 1.165) is 28.2 Å². The van der Waals surface area contributed by atoms with Crippen LogP contribution in [0.4, 0.5) is 0 Å². The maximum Gasteiger partial charge on any atom is 0.179 e. The number of piperidine rings is 1. The van der Waals surface area contributed by atoms with Gasteiger partial charge in [-0.15, -0.1) is 0 Å². The molecule has 1 N–H and O–H groups in total. The van der Waals surface area contributed by atoms with Crippen LogP contribution in [0.25, 0.3) is 11.2 Å². The van der Waals surface area contributed by atoms with E-state index in [1.54, 1.807) is 0 Å². The van der Waals surface area contributed by atoms with E-state index in [1.807, 2.05) is 18.7 Å². The van der Waals surface area contributed by atoms with E-state index in [9.17, 15) is 0 Å². The number of aromatic amines is 1. The first-order chi connectivity index (χ1) is 9.58. The monoisotopic (exact) mass is 293 g/mol. The molecule has 3 rings (SSSR count). The second-order valence-electron chi connectivity index (χ2n) is 5.92. The predicted octanol–water partition coefficient (Wildman–Crippen LogP) is 2.79. The molecule has 1 fully saturated rings. The van der Waals surface area contributed by atoms with Gasteiger partial charge in [-0.2, -0.15) is 5.10 Å². The molecule has 6 heteroatoms. The summed E-state index contributed by atoms with van der Waals surface area (Å²) in [5.41, 5.74) is 3.19. The van der Waals surface area contributed by atoms with Gasteiger partial charge in [-0.1, -0.05) is 6.42 Å². The van der Waals surface area contributed by atoms with Crippen molar-refractivity contribution in [1.29, 1.82) is 0 Å². The van der Waals surface area contributed by atoms with Crippen LogP contribution in [0.2, 0.25) is 0 Å². The lowest BCUT2D eigenvalue weighted by atomic mass is 10.1. The number of hydrogen-bond acceptors (Lipinski definition) is 3. The van der Waals surface area contributed by atoms with Gasteiger partial charge in [0.15, 0.2) is 10.4 Å². The third kappa shape index (κ3) is 2.31. The highest BCUT2D eigenvalue weighted by Gasteiger charge is 2.19. The Hall–Kier alpha value is -1.14. The van der Waals surface area contributed by atoms with Gasteiger partial charge in [-0.25, -0.2) is 0 Å². The summed E-state index contributed by atoms with van der Waals surface area (Å²) >= 11 is 5.52. The number of aromatic nitrogens is 4. The average Bonchev–Trinajstić information content (AvgIpc) is 2.89. The zero-order valence-electron chi connectivity index (χ0n) is 12.5. The normalized spacial score (nSPS) is 18.8. The van der Waals surface area contributed by atoms with Gasteiger partial charge in [0, 0.05) is 19.6 Å². The van der Waals surface area contributed by atoms with Gasteiger partial charge in [-0.3, -0.25) is 9.25 Å². The molecule has 2 aromatic heterocycles. The summed E-state index contributed by atoms with van der Waals surface area (Å²) in [4.78, 5) is 5.86. The fourth-order valence-corrected chi connectivity index (χ4v) is 3.71. The highest BCUT2D eigenvalue weighted by Crippen LogP contribution is 2.22. The molecule has 1 atom stereocenters. The number of hydrogen-bond donors (Lipinski definition) is 1. The number of nitrogens with zero attached hydrogens (tertiary/aromatic N) is 4. The van der Waals surface area contributed by atoms with Crippen LogP contribution < -0.4 is 0 Å². The molecule has 1 aliphatic rings. The Morgan fingerprint density at radius 2 is 2.00 bits per heavy atom. The lowest BCUT2D eigenvalue weighted by molar-refractivity contribution is 0.202. The van der Waals surface area contributed by atoms with Gasteiger partial charge < -0.3 is 9.88 Å². The number of H-pyrrole nitrogens is 1. The minimum absolute atomic E-state index is 0.365. The Morgan fingerprint density at radius 3 is 2.70 bits per heavy atom. The van der Waals surface area contributed by atoms with Gasteiger partial charge in [-0.05, 0) is 52.0 Å². The molecule has 20 heavy (non-hydrogen) atoms. The van der Waals surface area contributed by atoms with Crippen LogP contribution in [-0.2, 0) is 7.05 Å². The Bertz CT molecular complexity index is 659. The van der Waals surface area contributed by atoms with Crippen molar-refractivity contribution in [3.8, 4) is 0 Å². The number of nitrogens with one attached hydrogen (secondary N) is 1. The number of likely N-dealkylation sites (tertiary alicyclic amines) is 1. The van der Waals surface area contributed by atoms with Gasteiger partial charge in [0.2, 0.25) is 0 Å². The van der Waals surface area contributed by atoms with Gasteiger partial charge in [0.25, 0.3) is 0 Å². The molecule has 1 saturated heterocycles. The smallest absolute Gasteiger partial charge is 0.179 e. The van der Waals surface area contributed by atoms with E-state index in [1.165, 1.54) is 32.4 Å². The first-order valence-electron chi connectivity index (χ1n) is 7.44. The molecule has 5 nitrogen and oxygen atoms in total. The van der Waals surface area contributed by atoms with E-state index in [-0.39, 0.29) is 0 Å². The number of aryl methyl sites for hydroxylation is 2. The maximum absolute atomic E-state index is 5.52. The number of imidazole rings is 1. The van der Waals surface area contributed by atoms with E-state index in [0.29, 0.717) is 6.04 Å². The number of rotatable bonds is 3. The van der Waals surface area contributed by atoms with Gasteiger partial charge in [0.05, 0.1) is 5.69 Å². The van der Waals surface area contributed by atoms with Crippen molar-refractivity contribution >= 4 is 23.4 Å². The molecule has 0 aliphatic carbocycles. The highest BCUT2D eigenvalue weighted by molar-refractivity contribution is 7.71. The molecule has 0 amide bonds. The molecule has 0 bridgehead atoms. The highest BCUT2D eigenvalue weighted by atomic mass is 32.1. The summed E-state index contributed by atoms with van der Waals surface area (Å²) in [6.07, 6.45) is 4.02. The minimum atomic E-state index is 0.365. The predicted molar refractivity (Wildman–Crippen MR) is 83.6 cm³/mol. The molecule has 0 aromatic carbocycles. The summed E-state index contributed by atoms with van der Waals surface area (Å²) in [6.45, 7) is 7.77. The number of fused-ring (bicyclic) bond motifs is 1. The van der Waals surface area contributed by atoms with Gasteiger partial charge >= 0.3 is 0 Å². The molecule has 1 aliphatic heterocycles. The minimum Gasteiger partial charge on any atom is -0.328 e. The Labute approximate surface area is 124 Å². The topological polar surface area (TPSA) is 41.8 Å². The molecular formula is C14H23N5S. The SMILES string of the molecule is Cc1nn(C)c2c1[nH]c(=S)n2C(C)CN1CCCCC1. The third-order valence-electron chi connectivity index (χ3n) is 4.28. The summed E-state index contributed by atoms with van der Waals surface area (Å²) in [6, 6.07) is 0.365. The summed E-state index contributed by atoms with van der Waals surface area (Å²) in [7, 11) is 1.99. The van der Waals surface area contributed by atoms with Crippen molar-refractivity contribution in [3.63, 3.8) is 0 Å². The van der Waals surface area contributed by atoms with Crippen LogP contribution in [0.1, 0.15) is 37.9 Å².